The van der Waals surface area contributed by atoms with Crippen LogP contribution in [0.4, 0.5) is 0 Å². The van der Waals surface area contributed by atoms with Gasteiger partial charge in [0.1, 0.15) is 0 Å². The van der Waals surface area contributed by atoms with Gasteiger partial charge in [-0.15, -0.1) is 0 Å². The Hall–Kier alpha value is -1.92. The number of hydrogen-bond donors (Lipinski definition) is 1. The average molecular weight is 301 g/mol. The molecule has 0 spiro atoms. The van der Waals surface area contributed by atoms with Crippen LogP contribution in [0.5, 0.6) is 0 Å². The highest BCUT2D eigenvalue weighted by atomic mass is 16.5. The molecule has 2 aromatic rings. The first-order chi connectivity index (χ1) is 10.6. The van der Waals surface area contributed by atoms with Crippen LogP contribution in [0.15, 0.2) is 24.3 Å². The predicted octanol–water partition coefficient (Wildman–Crippen LogP) is 0.654. The minimum absolute atomic E-state index is 0.0565. The molecule has 1 N–H and O–H groups in total. The van der Waals surface area contributed by atoms with E-state index in [2.05, 4.69) is 5.10 Å². The van der Waals surface area contributed by atoms with E-state index in [0.717, 1.165) is 10.9 Å². The summed E-state index contributed by atoms with van der Waals surface area (Å²) in [6.45, 7) is 2.38. The molecular weight excluding hydrogens is 282 g/mol. The summed E-state index contributed by atoms with van der Waals surface area (Å²) in [5.74, 6) is 0.162. The number of likely N-dealkylation sites (tertiary alicyclic amines) is 1. The number of rotatable bonds is 2. The number of aromatic nitrogens is 2. The Balaban J connectivity index is 1.68. The molecule has 116 valence electrons. The molecule has 6 heteroatoms. The van der Waals surface area contributed by atoms with Crippen LogP contribution in [-0.2, 0) is 11.8 Å². The number of carbonyl (C=O) groups is 1. The number of amides is 1. The summed E-state index contributed by atoms with van der Waals surface area (Å²) in [7, 11) is 1.85. The van der Waals surface area contributed by atoms with Gasteiger partial charge in [-0.25, -0.2) is 0 Å². The van der Waals surface area contributed by atoms with Crippen LogP contribution in [0.3, 0.4) is 0 Å². The van der Waals surface area contributed by atoms with E-state index in [1.54, 1.807) is 4.68 Å². The van der Waals surface area contributed by atoms with Crippen LogP contribution in [0.2, 0.25) is 0 Å². The number of carbonyl (C=O) groups excluding carboxylic acids is 1. The SMILES string of the molecule is Cn1nc(C(=O)N2C[C@H]3COC[C@@]3(CO)C2)c2ccccc21. The van der Waals surface area contributed by atoms with Crippen molar-refractivity contribution in [2.45, 2.75) is 0 Å². The van der Waals surface area contributed by atoms with Crippen molar-refractivity contribution in [1.29, 1.82) is 0 Å². The Bertz CT molecular complexity index is 741. The normalized spacial score (nSPS) is 27.5. The fourth-order valence-corrected chi connectivity index (χ4v) is 3.73. The summed E-state index contributed by atoms with van der Waals surface area (Å²) >= 11 is 0. The molecule has 1 aromatic carbocycles. The number of aryl methyl sites for hydroxylation is 1. The van der Waals surface area contributed by atoms with Gasteiger partial charge in [0.15, 0.2) is 5.69 Å². The zero-order valence-corrected chi connectivity index (χ0v) is 12.5. The van der Waals surface area contributed by atoms with Crippen LogP contribution in [0.1, 0.15) is 10.5 Å². The number of aliphatic hydroxyl groups excluding tert-OH is 1. The van der Waals surface area contributed by atoms with Gasteiger partial charge in [0.25, 0.3) is 5.91 Å². The minimum atomic E-state index is -0.291. The van der Waals surface area contributed by atoms with Gasteiger partial charge in [0.2, 0.25) is 0 Å². The number of aliphatic hydroxyl groups is 1. The van der Waals surface area contributed by atoms with Crippen molar-refractivity contribution in [3.63, 3.8) is 0 Å². The Morgan fingerprint density at radius 2 is 2.32 bits per heavy atom. The molecule has 4 rings (SSSR count). The van der Waals surface area contributed by atoms with Crippen molar-refractivity contribution in [2.24, 2.45) is 18.4 Å². The quantitative estimate of drug-likeness (QED) is 0.884. The van der Waals surface area contributed by atoms with E-state index in [1.165, 1.54) is 0 Å². The van der Waals surface area contributed by atoms with E-state index < -0.39 is 0 Å². The molecule has 1 aromatic heterocycles. The van der Waals surface area contributed by atoms with Crippen molar-refractivity contribution in [1.82, 2.24) is 14.7 Å². The standard InChI is InChI=1S/C16H19N3O3/c1-18-13-5-3-2-4-12(13)14(17-18)15(21)19-6-11-7-22-10-16(11,8-19)9-20/h2-5,11,20H,6-10H2,1H3/t11-,16-/m0/s1. The van der Waals surface area contributed by atoms with Crippen molar-refractivity contribution < 1.29 is 14.6 Å². The lowest BCUT2D eigenvalue weighted by molar-refractivity contribution is 0.0627. The number of para-hydroxylation sites is 1. The zero-order valence-electron chi connectivity index (χ0n) is 12.5. The molecule has 0 radical (unpaired) electrons. The van der Waals surface area contributed by atoms with Gasteiger partial charge < -0.3 is 14.7 Å². The Morgan fingerprint density at radius 3 is 3.09 bits per heavy atom. The Labute approximate surface area is 128 Å². The van der Waals surface area contributed by atoms with E-state index in [4.69, 9.17) is 4.74 Å². The van der Waals surface area contributed by atoms with E-state index in [0.29, 0.717) is 32.0 Å². The summed E-state index contributed by atoms with van der Waals surface area (Å²) in [5, 5.41) is 15.0. The average Bonchev–Trinajstić information content (AvgIpc) is 3.18. The van der Waals surface area contributed by atoms with Gasteiger partial charge in [-0.1, -0.05) is 18.2 Å². The molecule has 2 aliphatic rings. The van der Waals surface area contributed by atoms with E-state index in [1.807, 2.05) is 36.2 Å². The van der Waals surface area contributed by atoms with Crippen molar-refractivity contribution in [3.05, 3.63) is 30.0 Å². The summed E-state index contributed by atoms with van der Waals surface area (Å²) < 4.78 is 7.24. The fourth-order valence-electron chi connectivity index (χ4n) is 3.73. The number of benzene rings is 1. The van der Waals surface area contributed by atoms with Gasteiger partial charge in [-0.3, -0.25) is 9.48 Å². The minimum Gasteiger partial charge on any atom is -0.396 e. The monoisotopic (exact) mass is 301 g/mol. The van der Waals surface area contributed by atoms with E-state index in [-0.39, 0.29) is 23.8 Å². The fraction of sp³-hybridized carbons (Fsp3) is 0.500. The van der Waals surface area contributed by atoms with Crippen molar-refractivity contribution >= 4 is 16.8 Å². The third-order valence-electron chi connectivity index (χ3n) is 5.08. The second-order valence-electron chi connectivity index (χ2n) is 6.41. The van der Waals surface area contributed by atoms with Gasteiger partial charge in [-0.05, 0) is 6.07 Å². The Kier molecular flexibility index (Phi) is 2.99. The zero-order chi connectivity index (χ0) is 15.3. The molecule has 2 atom stereocenters. The van der Waals surface area contributed by atoms with Crippen molar-refractivity contribution in [3.8, 4) is 0 Å². The van der Waals surface area contributed by atoms with Crippen LogP contribution in [0, 0.1) is 11.3 Å². The first-order valence-corrected chi connectivity index (χ1v) is 7.54. The molecule has 1 amide bonds. The van der Waals surface area contributed by atoms with E-state index in [9.17, 15) is 9.90 Å². The highest BCUT2D eigenvalue weighted by molar-refractivity contribution is 6.05. The number of ether oxygens (including phenoxy) is 1. The van der Waals surface area contributed by atoms with Gasteiger partial charge in [0, 0.05) is 36.9 Å². The molecule has 3 heterocycles. The lowest BCUT2D eigenvalue weighted by Crippen LogP contribution is -2.36. The maximum Gasteiger partial charge on any atom is 0.275 e. The largest absolute Gasteiger partial charge is 0.396 e. The highest BCUT2D eigenvalue weighted by Gasteiger charge is 2.51. The molecule has 0 bridgehead atoms. The molecule has 2 aliphatic heterocycles. The van der Waals surface area contributed by atoms with Crippen LogP contribution in [0.25, 0.3) is 10.9 Å². The van der Waals surface area contributed by atoms with Gasteiger partial charge in [0.05, 0.1) is 25.3 Å². The molecule has 2 fully saturated rings. The lowest BCUT2D eigenvalue weighted by Gasteiger charge is -2.23. The topological polar surface area (TPSA) is 67.6 Å². The first-order valence-electron chi connectivity index (χ1n) is 7.54. The number of hydrogen-bond acceptors (Lipinski definition) is 4. The lowest BCUT2D eigenvalue weighted by atomic mass is 9.82. The molecule has 2 saturated heterocycles. The smallest absolute Gasteiger partial charge is 0.275 e. The van der Waals surface area contributed by atoms with Crippen LogP contribution >= 0.6 is 0 Å². The highest BCUT2D eigenvalue weighted by Crippen LogP contribution is 2.41. The number of fused-ring (bicyclic) bond motifs is 2. The molecule has 0 aliphatic carbocycles. The second kappa shape index (κ2) is 4.79. The maximum absolute atomic E-state index is 12.9. The van der Waals surface area contributed by atoms with Gasteiger partial charge in [-0.2, -0.15) is 5.10 Å². The summed E-state index contributed by atoms with van der Waals surface area (Å²) in [6.07, 6.45) is 0. The third-order valence-corrected chi connectivity index (χ3v) is 5.08. The molecule has 22 heavy (non-hydrogen) atoms. The van der Waals surface area contributed by atoms with Gasteiger partial charge >= 0.3 is 0 Å². The number of nitrogens with zero attached hydrogens (tertiary/aromatic N) is 3. The maximum atomic E-state index is 12.9. The third kappa shape index (κ3) is 1.80. The first kappa shape index (κ1) is 13.7. The van der Waals surface area contributed by atoms with Crippen LogP contribution < -0.4 is 0 Å². The Morgan fingerprint density at radius 1 is 1.50 bits per heavy atom. The second-order valence-corrected chi connectivity index (χ2v) is 6.41. The molecule has 0 unspecified atom stereocenters. The molecular formula is C16H19N3O3. The predicted molar refractivity (Wildman–Crippen MR) is 80.4 cm³/mol. The summed E-state index contributed by atoms with van der Waals surface area (Å²) in [6, 6.07) is 7.75. The summed E-state index contributed by atoms with van der Waals surface area (Å²) in [5.41, 5.74) is 1.15. The van der Waals surface area contributed by atoms with E-state index >= 15 is 0 Å². The molecule has 0 saturated carbocycles. The van der Waals surface area contributed by atoms with Crippen molar-refractivity contribution in [2.75, 3.05) is 32.9 Å². The molecule has 6 nitrogen and oxygen atoms in total. The van der Waals surface area contributed by atoms with Crippen LogP contribution in [-0.4, -0.2) is 58.6 Å². The summed E-state index contributed by atoms with van der Waals surface area (Å²) in [4.78, 5) is 14.7.